The lowest BCUT2D eigenvalue weighted by Crippen LogP contribution is -2.45. The second-order valence-corrected chi connectivity index (χ2v) is 7.57. The van der Waals surface area contributed by atoms with E-state index in [1.807, 2.05) is 13.8 Å². The van der Waals surface area contributed by atoms with Gasteiger partial charge in [-0.15, -0.1) is 0 Å². The van der Waals surface area contributed by atoms with Crippen LogP contribution < -0.4 is 0 Å². The third kappa shape index (κ3) is 1.86. The molecule has 0 radical (unpaired) electrons. The number of imide groups is 1. The average Bonchev–Trinajstić information content (AvgIpc) is 2.88. The van der Waals surface area contributed by atoms with Gasteiger partial charge in [0.25, 0.3) is 0 Å². The van der Waals surface area contributed by atoms with Gasteiger partial charge in [0, 0.05) is 6.54 Å². The van der Waals surface area contributed by atoms with Crippen LogP contribution in [0.5, 0.6) is 0 Å². The minimum Gasteiger partial charge on any atom is -0.281 e. The summed E-state index contributed by atoms with van der Waals surface area (Å²) in [5.74, 6) is 0.850. The molecular formula is C15H23NO2S. The van der Waals surface area contributed by atoms with E-state index in [1.54, 1.807) is 4.90 Å². The van der Waals surface area contributed by atoms with Crippen LogP contribution in [0.2, 0.25) is 0 Å². The van der Waals surface area contributed by atoms with E-state index in [-0.39, 0.29) is 34.5 Å². The van der Waals surface area contributed by atoms with Gasteiger partial charge in [-0.2, -0.15) is 12.6 Å². The normalized spacial score (nSPS) is 35.4. The molecule has 3 fully saturated rings. The summed E-state index contributed by atoms with van der Waals surface area (Å²) < 4.78 is 0. The van der Waals surface area contributed by atoms with Crippen LogP contribution in [0, 0.1) is 22.7 Å². The Kier molecular flexibility index (Phi) is 3.01. The van der Waals surface area contributed by atoms with Crippen LogP contribution >= 0.6 is 12.6 Å². The summed E-state index contributed by atoms with van der Waals surface area (Å²) in [5, 5.41) is 0. The van der Waals surface area contributed by atoms with E-state index in [2.05, 4.69) is 12.6 Å². The number of carbonyl (C=O) groups excluding carboxylic acids is 2. The second-order valence-electron chi connectivity index (χ2n) is 7.26. The molecule has 0 spiro atoms. The van der Waals surface area contributed by atoms with Gasteiger partial charge in [-0.3, -0.25) is 14.5 Å². The van der Waals surface area contributed by atoms with Crippen molar-refractivity contribution < 1.29 is 9.59 Å². The van der Waals surface area contributed by atoms with Crippen molar-refractivity contribution in [3.63, 3.8) is 0 Å². The van der Waals surface area contributed by atoms with E-state index in [4.69, 9.17) is 0 Å². The summed E-state index contributed by atoms with van der Waals surface area (Å²) >= 11 is 4.50. The smallest absolute Gasteiger partial charge is 0.233 e. The third-order valence-corrected chi connectivity index (χ3v) is 6.31. The Morgan fingerprint density at radius 2 is 1.63 bits per heavy atom. The van der Waals surface area contributed by atoms with Crippen molar-refractivity contribution >= 4 is 24.4 Å². The van der Waals surface area contributed by atoms with Gasteiger partial charge in [0.2, 0.25) is 11.8 Å². The lowest BCUT2D eigenvalue weighted by Gasteiger charge is -2.39. The lowest BCUT2D eigenvalue weighted by atomic mass is 9.75. The molecule has 106 valence electrons. The van der Waals surface area contributed by atoms with Crippen molar-refractivity contribution in [2.75, 3.05) is 12.3 Å². The molecule has 3 rings (SSSR count). The predicted molar refractivity (Wildman–Crippen MR) is 76.9 cm³/mol. The van der Waals surface area contributed by atoms with Crippen molar-refractivity contribution in [1.29, 1.82) is 0 Å². The van der Waals surface area contributed by atoms with Gasteiger partial charge in [-0.05, 0) is 29.4 Å². The molecule has 2 unspecified atom stereocenters. The van der Waals surface area contributed by atoms with Crippen LogP contribution in [0.4, 0.5) is 0 Å². The number of hydrogen-bond donors (Lipinski definition) is 1. The standard InChI is InChI=1S/C15H23NO2S/c1-14(2)10-11(14)13(18)16(12(10)17)8-15(9-19)6-4-3-5-7-15/h10-11,19H,3-9H2,1-2H3. The third-order valence-electron chi connectivity index (χ3n) is 5.63. The summed E-state index contributed by atoms with van der Waals surface area (Å²) in [5.41, 5.74) is -0.0149. The van der Waals surface area contributed by atoms with Gasteiger partial charge >= 0.3 is 0 Å². The minimum absolute atomic E-state index is 0.0412. The van der Waals surface area contributed by atoms with Gasteiger partial charge in [0.05, 0.1) is 11.8 Å². The van der Waals surface area contributed by atoms with Crippen LogP contribution in [0.1, 0.15) is 46.0 Å². The fraction of sp³-hybridized carbons (Fsp3) is 0.867. The van der Waals surface area contributed by atoms with Crippen LogP contribution in [-0.4, -0.2) is 29.0 Å². The first kappa shape index (κ1) is 13.5. The maximum atomic E-state index is 12.4. The summed E-state index contributed by atoms with van der Waals surface area (Å²) in [6.07, 6.45) is 5.89. The first-order valence-corrected chi connectivity index (χ1v) is 8.02. The Morgan fingerprint density at radius 3 is 2.11 bits per heavy atom. The van der Waals surface area contributed by atoms with Gasteiger partial charge < -0.3 is 0 Å². The number of hydrogen-bond acceptors (Lipinski definition) is 3. The summed E-state index contributed by atoms with van der Waals surface area (Å²) in [6.45, 7) is 4.67. The molecule has 3 nitrogen and oxygen atoms in total. The predicted octanol–water partition coefficient (Wildman–Crippen LogP) is 2.51. The van der Waals surface area contributed by atoms with Gasteiger partial charge in [-0.1, -0.05) is 33.1 Å². The molecule has 2 amide bonds. The number of nitrogens with zero attached hydrogens (tertiary/aromatic N) is 1. The number of thiol groups is 1. The fourth-order valence-electron chi connectivity index (χ4n) is 4.16. The van der Waals surface area contributed by atoms with E-state index in [0.717, 1.165) is 18.6 Å². The molecule has 0 aromatic heterocycles. The first-order chi connectivity index (χ1) is 8.93. The van der Waals surface area contributed by atoms with Crippen LogP contribution in [0.15, 0.2) is 0 Å². The molecule has 1 saturated heterocycles. The van der Waals surface area contributed by atoms with Crippen molar-refractivity contribution in [3.8, 4) is 0 Å². The monoisotopic (exact) mass is 281 g/mol. The zero-order chi connectivity index (χ0) is 13.8. The molecular weight excluding hydrogens is 258 g/mol. The number of amides is 2. The van der Waals surface area contributed by atoms with Gasteiger partial charge in [0.1, 0.15) is 0 Å². The minimum atomic E-state index is -0.0919. The van der Waals surface area contributed by atoms with Crippen LogP contribution in [-0.2, 0) is 9.59 Å². The van der Waals surface area contributed by atoms with E-state index in [1.165, 1.54) is 19.3 Å². The lowest BCUT2D eigenvalue weighted by molar-refractivity contribution is -0.145. The van der Waals surface area contributed by atoms with Crippen molar-refractivity contribution in [3.05, 3.63) is 0 Å². The SMILES string of the molecule is CC1(C)C2C(=O)N(CC3(CS)CCCCC3)C(=O)C21. The molecule has 2 atom stereocenters. The zero-order valence-corrected chi connectivity index (χ0v) is 12.7. The first-order valence-electron chi connectivity index (χ1n) is 7.39. The Balaban J connectivity index is 1.74. The molecule has 19 heavy (non-hydrogen) atoms. The molecule has 1 heterocycles. The molecule has 0 aromatic rings. The largest absolute Gasteiger partial charge is 0.281 e. The number of likely N-dealkylation sites (tertiary alicyclic amines) is 1. The zero-order valence-electron chi connectivity index (χ0n) is 11.8. The highest BCUT2D eigenvalue weighted by atomic mass is 32.1. The summed E-state index contributed by atoms with van der Waals surface area (Å²) in [4.78, 5) is 26.3. The highest BCUT2D eigenvalue weighted by molar-refractivity contribution is 7.80. The van der Waals surface area contributed by atoms with Gasteiger partial charge in [0.15, 0.2) is 0 Å². The van der Waals surface area contributed by atoms with Crippen molar-refractivity contribution in [2.45, 2.75) is 46.0 Å². The molecule has 0 N–H and O–H groups in total. The van der Waals surface area contributed by atoms with E-state index in [9.17, 15) is 9.59 Å². The maximum absolute atomic E-state index is 12.4. The Bertz CT molecular complexity index is 402. The van der Waals surface area contributed by atoms with E-state index < -0.39 is 0 Å². The molecule has 1 aliphatic heterocycles. The molecule has 0 aromatic carbocycles. The number of fused-ring (bicyclic) bond motifs is 1. The highest BCUT2D eigenvalue weighted by Crippen LogP contribution is 2.63. The molecule has 0 bridgehead atoms. The maximum Gasteiger partial charge on any atom is 0.233 e. The summed E-state index contributed by atoms with van der Waals surface area (Å²) in [7, 11) is 0. The fourth-order valence-corrected chi connectivity index (χ4v) is 4.58. The quantitative estimate of drug-likeness (QED) is 0.637. The van der Waals surface area contributed by atoms with Crippen LogP contribution in [0.25, 0.3) is 0 Å². The molecule has 2 saturated carbocycles. The number of piperidine rings is 1. The Morgan fingerprint density at radius 1 is 1.11 bits per heavy atom. The van der Waals surface area contributed by atoms with Gasteiger partial charge in [-0.25, -0.2) is 0 Å². The molecule has 2 aliphatic carbocycles. The van der Waals surface area contributed by atoms with E-state index >= 15 is 0 Å². The number of rotatable bonds is 3. The summed E-state index contributed by atoms with van der Waals surface area (Å²) in [6, 6.07) is 0. The Hall–Kier alpha value is -0.510. The van der Waals surface area contributed by atoms with Crippen molar-refractivity contribution in [1.82, 2.24) is 4.90 Å². The topological polar surface area (TPSA) is 37.4 Å². The van der Waals surface area contributed by atoms with Crippen LogP contribution in [0.3, 0.4) is 0 Å². The second kappa shape index (κ2) is 4.24. The molecule has 4 heteroatoms. The number of carbonyl (C=O) groups is 2. The van der Waals surface area contributed by atoms with E-state index in [0.29, 0.717) is 6.54 Å². The Labute approximate surface area is 120 Å². The highest BCUT2D eigenvalue weighted by Gasteiger charge is 2.72. The van der Waals surface area contributed by atoms with Crippen molar-refractivity contribution in [2.24, 2.45) is 22.7 Å². The average molecular weight is 281 g/mol. The molecule has 3 aliphatic rings.